The SMILES string of the molecule is C=CCOc1nccc(C(=O)OCC)c1C(F)(F)F. The van der Waals surface area contributed by atoms with Gasteiger partial charge in [0.15, 0.2) is 0 Å². The van der Waals surface area contributed by atoms with Crippen molar-refractivity contribution in [3.63, 3.8) is 0 Å². The highest BCUT2D eigenvalue weighted by Gasteiger charge is 2.40. The second-order valence-electron chi connectivity index (χ2n) is 3.36. The van der Waals surface area contributed by atoms with Crippen LogP contribution in [0.4, 0.5) is 13.2 Å². The highest BCUT2D eigenvalue weighted by Crippen LogP contribution is 2.37. The minimum Gasteiger partial charge on any atom is -0.473 e. The van der Waals surface area contributed by atoms with E-state index in [0.717, 1.165) is 12.3 Å². The topological polar surface area (TPSA) is 48.4 Å². The molecule has 0 aromatic carbocycles. The monoisotopic (exact) mass is 275 g/mol. The summed E-state index contributed by atoms with van der Waals surface area (Å²) in [6, 6.07) is 0.946. The Morgan fingerprint density at radius 3 is 2.74 bits per heavy atom. The van der Waals surface area contributed by atoms with Gasteiger partial charge in [-0.2, -0.15) is 13.2 Å². The maximum atomic E-state index is 13.0. The fourth-order valence-corrected chi connectivity index (χ4v) is 1.34. The zero-order valence-electron chi connectivity index (χ0n) is 10.2. The van der Waals surface area contributed by atoms with Gasteiger partial charge in [0.05, 0.1) is 12.2 Å². The molecular formula is C12H12F3NO3. The summed E-state index contributed by atoms with van der Waals surface area (Å²) in [4.78, 5) is 15.0. The first-order valence-electron chi connectivity index (χ1n) is 5.38. The molecule has 0 saturated heterocycles. The Kier molecular flexibility index (Phi) is 4.91. The molecular weight excluding hydrogens is 263 g/mol. The molecule has 104 valence electrons. The zero-order chi connectivity index (χ0) is 14.5. The molecule has 7 heteroatoms. The van der Waals surface area contributed by atoms with Gasteiger partial charge in [0.1, 0.15) is 12.2 Å². The van der Waals surface area contributed by atoms with E-state index in [2.05, 4.69) is 16.3 Å². The quantitative estimate of drug-likeness (QED) is 0.612. The van der Waals surface area contributed by atoms with E-state index in [-0.39, 0.29) is 13.2 Å². The van der Waals surface area contributed by atoms with Gasteiger partial charge >= 0.3 is 12.1 Å². The van der Waals surface area contributed by atoms with E-state index in [1.807, 2.05) is 0 Å². The van der Waals surface area contributed by atoms with E-state index >= 15 is 0 Å². The largest absolute Gasteiger partial charge is 0.473 e. The minimum absolute atomic E-state index is 0.0265. The third-order valence-corrected chi connectivity index (χ3v) is 2.03. The maximum absolute atomic E-state index is 13.0. The number of nitrogens with zero attached hydrogens (tertiary/aromatic N) is 1. The summed E-state index contributed by atoms with van der Waals surface area (Å²) in [5.74, 6) is -1.74. The molecule has 1 aromatic rings. The lowest BCUT2D eigenvalue weighted by atomic mass is 10.1. The molecule has 1 heterocycles. The predicted octanol–water partition coefficient (Wildman–Crippen LogP) is 2.84. The number of rotatable bonds is 5. The van der Waals surface area contributed by atoms with Gasteiger partial charge in [-0.15, -0.1) is 0 Å². The average Bonchev–Trinajstić information content (AvgIpc) is 2.35. The van der Waals surface area contributed by atoms with Gasteiger partial charge in [0.2, 0.25) is 5.88 Å². The van der Waals surface area contributed by atoms with Gasteiger partial charge < -0.3 is 9.47 Å². The van der Waals surface area contributed by atoms with Gasteiger partial charge in [-0.1, -0.05) is 12.7 Å². The second kappa shape index (κ2) is 6.21. The van der Waals surface area contributed by atoms with Crippen molar-refractivity contribution in [2.24, 2.45) is 0 Å². The predicted molar refractivity (Wildman–Crippen MR) is 60.9 cm³/mol. The van der Waals surface area contributed by atoms with Gasteiger partial charge in [-0.25, -0.2) is 9.78 Å². The molecule has 0 atom stereocenters. The van der Waals surface area contributed by atoms with Crippen molar-refractivity contribution in [3.05, 3.63) is 36.0 Å². The average molecular weight is 275 g/mol. The highest BCUT2D eigenvalue weighted by atomic mass is 19.4. The summed E-state index contributed by atoms with van der Waals surface area (Å²) in [6.07, 6.45) is -2.44. The molecule has 1 rings (SSSR count). The third kappa shape index (κ3) is 3.70. The molecule has 0 radical (unpaired) electrons. The van der Waals surface area contributed by atoms with Crippen LogP contribution in [0, 0.1) is 0 Å². The van der Waals surface area contributed by atoms with Crippen LogP contribution in [0.5, 0.6) is 5.88 Å². The number of carbonyl (C=O) groups is 1. The fraction of sp³-hybridized carbons (Fsp3) is 0.333. The lowest BCUT2D eigenvalue weighted by Gasteiger charge is -2.15. The summed E-state index contributed by atoms with van der Waals surface area (Å²) in [5.41, 5.74) is -1.86. The van der Waals surface area contributed by atoms with Crippen molar-refractivity contribution in [1.29, 1.82) is 0 Å². The summed E-state index contributed by atoms with van der Waals surface area (Å²) < 4.78 is 48.4. The second-order valence-corrected chi connectivity index (χ2v) is 3.36. The number of aromatic nitrogens is 1. The first-order valence-corrected chi connectivity index (χ1v) is 5.38. The van der Waals surface area contributed by atoms with E-state index in [4.69, 9.17) is 4.74 Å². The summed E-state index contributed by atoms with van der Waals surface area (Å²) in [5, 5.41) is 0. The van der Waals surface area contributed by atoms with Crippen LogP contribution in [0.2, 0.25) is 0 Å². The van der Waals surface area contributed by atoms with Crippen LogP contribution in [0.1, 0.15) is 22.8 Å². The summed E-state index contributed by atoms with van der Waals surface area (Å²) in [6.45, 7) is 4.65. The number of halogens is 3. The van der Waals surface area contributed by atoms with Crippen molar-refractivity contribution in [3.8, 4) is 5.88 Å². The summed E-state index contributed by atoms with van der Waals surface area (Å²) in [7, 11) is 0. The molecule has 0 unspecified atom stereocenters. The van der Waals surface area contributed by atoms with Crippen molar-refractivity contribution < 1.29 is 27.4 Å². The number of alkyl halides is 3. The van der Waals surface area contributed by atoms with E-state index in [0.29, 0.717) is 0 Å². The number of ether oxygens (including phenoxy) is 2. The Hall–Kier alpha value is -2.05. The molecule has 0 aliphatic heterocycles. The molecule has 0 spiro atoms. The van der Waals surface area contributed by atoms with E-state index in [1.165, 1.54) is 13.0 Å². The van der Waals surface area contributed by atoms with Crippen LogP contribution in [0.3, 0.4) is 0 Å². The van der Waals surface area contributed by atoms with Crippen molar-refractivity contribution in [2.45, 2.75) is 13.1 Å². The molecule has 4 nitrogen and oxygen atoms in total. The first kappa shape index (κ1) is 15.0. The van der Waals surface area contributed by atoms with Crippen LogP contribution >= 0.6 is 0 Å². The summed E-state index contributed by atoms with van der Waals surface area (Å²) >= 11 is 0. The minimum atomic E-state index is -4.77. The van der Waals surface area contributed by atoms with E-state index < -0.39 is 29.2 Å². The normalized spacial score (nSPS) is 10.9. The molecule has 0 saturated carbocycles. The molecule has 0 amide bonds. The van der Waals surface area contributed by atoms with Gasteiger partial charge in [0.25, 0.3) is 0 Å². The first-order chi connectivity index (χ1) is 8.91. The van der Waals surface area contributed by atoms with Crippen LogP contribution in [0.25, 0.3) is 0 Å². The zero-order valence-corrected chi connectivity index (χ0v) is 10.2. The standard InChI is InChI=1S/C12H12F3NO3/c1-3-7-19-10-9(12(13,14)15)8(5-6-16-10)11(17)18-4-2/h3,5-6H,1,4,7H2,2H3. The number of pyridine rings is 1. The lowest BCUT2D eigenvalue weighted by Crippen LogP contribution is -2.18. The lowest BCUT2D eigenvalue weighted by molar-refractivity contribution is -0.139. The highest BCUT2D eigenvalue weighted by molar-refractivity contribution is 5.91. The van der Waals surface area contributed by atoms with Gasteiger partial charge in [-0.3, -0.25) is 0 Å². The van der Waals surface area contributed by atoms with Crippen LogP contribution in [0.15, 0.2) is 24.9 Å². The molecule has 19 heavy (non-hydrogen) atoms. The van der Waals surface area contributed by atoms with Gasteiger partial charge in [-0.05, 0) is 13.0 Å². The van der Waals surface area contributed by atoms with Crippen LogP contribution in [-0.2, 0) is 10.9 Å². The van der Waals surface area contributed by atoms with Crippen molar-refractivity contribution in [2.75, 3.05) is 13.2 Å². The molecule has 1 aromatic heterocycles. The number of carbonyl (C=O) groups excluding carboxylic acids is 1. The maximum Gasteiger partial charge on any atom is 0.422 e. The molecule has 0 N–H and O–H groups in total. The molecule has 0 fully saturated rings. The fourth-order valence-electron chi connectivity index (χ4n) is 1.34. The third-order valence-electron chi connectivity index (χ3n) is 2.03. The van der Waals surface area contributed by atoms with Crippen molar-refractivity contribution in [1.82, 2.24) is 4.98 Å². The number of hydrogen-bond acceptors (Lipinski definition) is 4. The number of esters is 1. The van der Waals surface area contributed by atoms with Crippen LogP contribution < -0.4 is 4.74 Å². The Balaban J connectivity index is 3.30. The Bertz CT molecular complexity index is 472. The Morgan fingerprint density at radius 1 is 1.53 bits per heavy atom. The number of hydrogen-bond donors (Lipinski definition) is 0. The Morgan fingerprint density at radius 2 is 2.21 bits per heavy atom. The molecule has 0 aliphatic carbocycles. The Labute approximate surface area is 107 Å². The smallest absolute Gasteiger partial charge is 0.422 e. The van der Waals surface area contributed by atoms with E-state index in [9.17, 15) is 18.0 Å². The molecule has 0 aliphatic rings. The van der Waals surface area contributed by atoms with Crippen molar-refractivity contribution >= 4 is 5.97 Å². The molecule has 0 bridgehead atoms. The van der Waals surface area contributed by atoms with Gasteiger partial charge in [0, 0.05) is 6.20 Å². The van der Waals surface area contributed by atoms with Crippen LogP contribution in [-0.4, -0.2) is 24.2 Å². The van der Waals surface area contributed by atoms with E-state index in [1.54, 1.807) is 0 Å².